The van der Waals surface area contributed by atoms with Gasteiger partial charge in [0.15, 0.2) is 0 Å². The summed E-state index contributed by atoms with van der Waals surface area (Å²) in [5, 5.41) is 11.7. The third kappa shape index (κ3) is 7.15. The normalized spacial score (nSPS) is 17.3. The van der Waals surface area contributed by atoms with E-state index in [0.717, 1.165) is 19.3 Å². The highest BCUT2D eigenvalue weighted by Crippen LogP contribution is 2.23. The van der Waals surface area contributed by atoms with E-state index in [1.165, 1.54) is 0 Å². The van der Waals surface area contributed by atoms with Crippen LogP contribution < -0.4 is 11.1 Å². The first-order valence-corrected chi connectivity index (χ1v) is 7.07. The monoisotopic (exact) mass is 272 g/mol. The fourth-order valence-electron chi connectivity index (χ4n) is 2.06. The van der Waals surface area contributed by atoms with Crippen molar-refractivity contribution in [1.29, 1.82) is 0 Å². The lowest BCUT2D eigenvalue weighted by Gasteiger charge is -2.29. The topological polar surface area (TPSA) is 92.4 Å². The fraction of sp³-hybridized carbons (Fsp3) is 0.857. The molecule has 0 saturated carbocycles. The Kier molecular flexibility index (Phi) is 8.39. The Morgan fingerprint density at radius 1 is 1.26 bits per heavy atom. The second kappa shape index (κ2) is 8.91. The summed E-state index contributed by atoms with van der Waals surface area (Å²) < 4.78 is 0. The summed E-state index contributed by atoms with van der Waals surface area (Å²) in [6, 6.07) is -0.975. The Labute approximate surface area is 115 Å². The Morgan fingerprint density at radius 2 is 1.84 bits per heavy atom. The zero-order valence-corrected chi connectivity index (χ0v) is 12.5. The maximum atomic E-state index is 11.6. The van der Waals surface area contributed by atoms with E-state index in [-0.39, 0.29) is 24.3 Å². The molecule has 19 heavy (non-hydrogen) atoms. The minimum atomic E-state index is -0.899. The molecule has 0 aromatic heterocycles. The van der Waals surface area contributed by atoms with Crippen molar-refractivity contribution in [2.24, 2.45) is 17.6 Å². The van der Waals surface area contributed by atoms with Gasteiger partial charge in [-0.05, 0) is 18.8 Å². The fourth-order valence-corrected chi connectivity index (χ4v) is 2.06. The molecule has 2 unspecified atom stereocenters. The molecule has 0 radical (unpaired) electrons. The van der Waals surface area contributed by atoms with Crippen LogP contribution in [0.2, 0.25) is 0 Å². The van der Waals surface area contributed by atoms with E-state index in [9.17, 15) is 9.59 Å². The predicted molar refractivity (Wildman–Crippen MR) is 75.7 cm³/mol. The molecule has 0 aromatic carbocycles. The number of hydrogen-bond donors (Lipinski definition) is 3. The molecule has 0 saturated heterocycles. The number of aliphatic carboxylic acids is 1. The Balaban J connectivity index is 4.63. The molecule has 0 aliphatic rings. The molecule has 0 heterocycles. The smallest absolute Gasteiger partial charge is 0.305 e. The molecule has 4 atom stereocenters. The maximum Gasteiger partial charge on any atom is 0.305 e. The molecule has 112 valence electrons. The van der Waals surface area contributed by atoms with Crippen molar-refractivity contribution in [1.82, 2.24) is 5.32 Å². The lowest BCUT2D eigenvalue weighted by atomic mass is 9.84. The van der Waals surface area contributed by atoms with E-state index in [2.05, 4.69) is 19.2 Å². The van der Waals surface area contributed by atoms with Crippen LogP contribution >= 0.6 is 0 Å². The van der Waals surface area contributed by atoms with E-state index >= 15 is 0 Å². The van der Waals surface area contributed by atoms with Gasteiger partial charge in [0.2, 0.25) is 5.91 Å². The maximum absolute atomic E-state index is 11.6. The van der Waals surface area contributed by atoms with Crippen molar-refractivity contribution < 1.29 is 14.7 Å². The van der Waals surface area contributed by atoms with Crippen LogP contribution in [0.15, 0.2) is 0 Å². The van der Waals surface area contributed by atoms with Crippen LogP contribution in [0.4, 0.5) is 0 Å². The first-order chi connectivity index (χ1) is 8.79. The molecule has 4 N–H and O–H groups in total. The van der Waals surface area contributed by atoms with E-state index in [4.69, 9.17) is 10.8 Å². The SMILES string of the molecule is CCCCC(C)C(C)[C@@H](CC(=O)O)NC(=O)[C@H](C)N. The van der Waals surface area contributed by atoms with Crippen molar-refractivity contribution in [3.05, 3.63) is 0 Å². The van der Waals surface area contributed by atoms with Gasteiger partial charge in [-0.2, -0.15) is 0 Å². The summed E-state index contributed by atoms with van der Waals surface area (Å²) in [6.45, 7) is 7.82. The summed E-state index contributed by atoms with van der Waals surface area (Å²) >= 11 is 0. The van der Waals surface area contributed by atoms with Crippen LogP contribution in [0.5, 0.6) is 0 Å². The highest BCUT2D eigenvalue weighted by atomic mass is 16.4. The van der Waals surface area contributed by atoms with Gasteiger partial charge in [-0.3, -0.25) is 9.59 Å². The molecule has 0 rings (SSSR count). The molecule has 0 spiro atoms. The first-order valence-electron chi connectivity index (χ1n) is 7.07. The van der Waals surface area contributed by atoms with Gasteiger partial charge >= 0.3 is 5.97 Å². The summed E-state index contributed by atoms with van der Waals surface area (Å²) in [5.74, 6) is -0.701. The summed E-state index contributed by atoms with van der Waals surface area (Å²) in [6.07, 6.45) is 3.22. The van der Waals surface area contributed by atoms with Crippen LogP contribution in [0.3, 0.4) is 0 Å². The average molecular weight is 272 g/mol. The van der Waals surface area contributed by atoms with Crippen LogP contribution in [-0.2, 0) is 9.59 Å². The second-order valence-corrected chi connectivity index (χ2v) is 5.48. The van der Waals surface area contributed by atoms with Gasteiger partial charge in [0, 0.05) is 6.04 Å². The van der Waals surface area contributed by atoms with E-state index in [1.807, 2.05) is 6.92 Å². The molecule has 0 aromatic rings. The zero-order chi connectivity index (χ0) is 15.0. The number of rotatable bonds is 9. The molecule has 0 bridgehead atoms. The van der Waals surface area contributed by atoms with Crippen LogP contribution in [0.25, 0.3) is 0 Å². The number of unbranched alkanes of at least 4 members (excludes halogenated alkanes) is 1. The average Bonchev–Trinajstić information content (AvgIpc) is 2.33. The number of carboxylic acids is 1. The minimum absolute atomic E-state index is 0.0594. The van der Waals surface area contributed by atoms with Crippen LogP contribution in [0, 0.1) is 11.8 Å². The molecule has 0 fully saturated rings. The number of nitrogens with one attached hydrogen (secondary N) is 1. The van der Waals surface area contributed by atoms with Gasteiger partial charge in [-0.25, -0.2) is 0 Å². The number of carbonyl (C=O) groups excluding carboxylic acids is 1. The molecule has 5 heteroatoms. The molecule has 0 aliphatic heterocycles. The molecule has 1 amide bonds. The number of nitrogens with two attached hydrogens (primary N) is 1. The number of carbonyl (C=O) groups is 2. The van der Waals surface area contributed by atoms with Crippen molar-refractivity contribution in [2.45, 2.75) is 65.5 Å². The highest BCUT2D eigenvalue weighted by Gasteiger charge is 2.26. The first kappa shape index (κ1) is 17.9. The standard InChI is InChI=1S/C14H28N2O3/c1-5-6-7-9(2)10(3)12(8-13(17)18)16-14(19)11(4)15/h9-12H,5-8,15H2,1-4H3,(H,16,19)(H,17,18)/t9?,10?,11-,12+/m0/s1. The van der Waals surface area contributed by atoms with Gasteiger partial charge in [-0.15, -0.1) is 0 Å². The predicted octanol–water partition coefficient (Wildman–Crippen LogP) is 1.76. The third-order valence-electron chi connectivity index (χ3n) is 3.68. The van der Waals surface area contributed by atoms with E-state index in [0.29, 0.717) is 5.92 Å². The van der Waals surface area contributed by atoms with Gasteiger partial charge in [0.1, 0.15) is 0 Å². The zero-order valence-electron chi connectivity index (χ0n) is 12.5. The molecular formula is C14H28N2O3. The minimum Gasteiger partial charge on any atom is -0.481 e. The Morgan fingerprint density at radius 3 is 2.26 bits per heavy atom. The summed E-state index contributed by atoms with van der Waals surface area (Å²) in [7, 11) is 0. The van der Waals surface area contributed by atoms with Gasteiger partial charge in [0.05, 0.1) is 12.5 Å². The van der Waals surface area contributed by atoms with Gasteiger partial charge in [-0.1, -0.05) is 40.0 Å². The van der Waals surface area contributed by atoms with Crippen molar-refractivity contribution in [3.8, 4) is 0 Å². The lowest BCUT2D eigenvalue weighted by molar-refractivity contribution is -0.138. The quantitative estimate of drug-likeness (QED) is 0.596. The van der Waals surface area contributed by atoms with Crippen LogP contribution in [0.1, 0.15) is 53.4 Å². The molecule has 0 aliphatic carbocycles. The summed E-state index contributed by atoms with van der Waals surface area (Å²) in [5.41, 5.74) is 5.51. The van der Waals surface area contributed by atoms with E-state index in [1.54, 1.807) is 6.92 Å². The second-order valence-electron chi connectivity index (χ2n) is 5.48. The number of amides is 1. The van der Waals surface area contributed by atoms with Gasteiger partial charge in [0.25, 0.3) is 0 Å². The van der Waals surface area contributed by atoms with E-state index < -0.39 is 12.0 Å². The highest BCUT2D eigenvalue weighted by molar-refractivity contribution is 5.82. The third-order valence-corrected chi connectivity index (χ3v) is 3.68. The van der Waals surface area contributed by atoms with Gasteiger partial charge < -0.3 is 16.2 Å². The van der Waals surface area contributed by atoms with Crippen molar-refractivity contribution in [2.75, 3.05) is 0 Å². The number of carboxylic acid groups (broad SMARTS) is 1. The largest absolute Gasteiger partial charge is 0.481 e. The number of hydrogen-bond acceptors (Lipinski definition) is 3. The Hall–Kier alpha value is -1.10. The molecular weight excluding hydrogens is 244 g/mol. The summed E-state index contributed by atoms with van der Waals surface area (Å²) in [4.78, 5) is 22.6. The Bertz CT molecular complexity index is 292. The van der Waals surface area contributed by atoms with Crippen LogP contribution in [-0.4, -0.2) is 29.1 Å². The molecule has 5 nitrogen and oxygen atoms in total. The van der Waals surface area contributed by atoms with Crippen molar-refractivity contribution >= 4 is 11.9 Å². The lowest BCUT2D eigenvalue weighted by Crippen LogP contribution is -2.48. The van der Waals surface area contributed by atoms with Crippen molar-refractivity contribution in [3.63, 3.8) is 0 Å².